The first-order valence-electron chi connectivity index (χ1n) is 6.75. The molecule has 2 nitrogen and oxygen atoms in total. The van der Waals surface area contributed by atoms with E-state index in [4.69, 9.17) is 17.3 Å². The Morgan fingerprint density at radius 2 is 2.00 bits per heavy atom. The third-order valence-corrected chi connectivity index (χ3v) is 4.60. The number of ketones is 1. The Morgan fingerprint density at radius 1 is 1.32 bits per heavy atom. The quantitative estimate of drug-likeness (QED) is 0.919. The maximum Gasteiger partial charge on any atom is 0.144 e. The predicted molar refractivity (Wildman–Crippen MR) is 74.7 cm³/mol. The van der Waals surface area contributed by atoms with E-state index in [2.05, 4.69) is 0 Å². The molecule has 0 atom stereocenters. The van der Waals surface area contributed by atoms with Crippen molar-refractivity contribution >= 4 is 17.4 Å². The van der Waals surface area contributed by atoms with E-state index in [1.807, 2.05) is 0 Å². The highest BCUT2D eigenvalue weighted by molar-refractivity contribution is 6.31. The molecule has 0 spiro atoms. The number of hydrogen-bond donors (Lipinski definition) is 1. The largest absolute Gasteiger partial charge is 0.329 e. The van der Waals surface area contributed by atoms with Crippen LogP contribution in [0.4, 0.5) is 4.39 Å². The maximum absolute atomic E-state index is 13.4. The molecule has 1 aliphatic carbocycles. The molecule has 0 aromatic heterocycles. The lowest BCUT2D eigenvalue weighted by Crippen LogP contribution is -2.41. The second kappa shape index (κ2) is 6.02. The van der Waals surface area contributed by atoms with E-state index in [1.54, 1.807) is 12.1 Å². The number of Topliss-reactive ketones (excluding diaryl/α,β-unsaturated/α-hetero) is 1. The van der Waals surface area contributed by atoms with Crippen LogP contribution in [0.25, 0.3) is 0 Å². The molecule has 2 rings (SSSR count). The molecule has 1 saturated carbocycles. The number of carbonyl (C=O) groups excluding carboxylic acids is 1. The van der Waals surface area contributed by atoms with Crippen LogP contribution in [0.1, 0.15) is 37.7 Å². The minimum atomic E-state index is -0.475. The van der Waals surface area contributed by atoms with Crippen molar-refractivity contribution in [2.75, 3.05) is 6.54 Å². The Bertz CT molecular complexity index is 469. The summed E-state index contributed by atoms with van der Waals surface area (Å²) in [4.78, 5) is 12.5. The highest BCUT2D eigenvalue weighted by atomic mass is 35.5. The van der Waals surface area contributed by atoms with Crippen molar-refractivity contribution in [3.63, 3.8) is 0 Å². The lowest BCUT2D eigenvalue weighted by atomic mass is 9.70. The lowest BCUT2D eigenvalue weighted by molar-refractivity contribution is -0.129. The zero-order valence-electron chi connectivity index (χ0n) is 10.9. The van der Waals surface area contributed by atoms with Crippen molar-refractivity contribution < 1.29 is 9.18 Å². The third-order valence-electron chi connectivity index (χ3n) is 4.18. The average molecular weight is 284 g/mol. The molecule has 19 heavy (non-hydrogen) atoms. The first-order valence-corrected chi connectivity index (χ1v) is 7.13. The van der Waals surface area contributed by atoms with Crippen molar-refractivity contribution in [3.05, 3.63) is 34.6 Å². The minimum absolute atomic E-state index is 0.0545. The molecule has 1 fully saturated rings. The van der Waals surface area contributed by atoms with Gasteiger partial charge in [0.1, 0.15) is 11.6 Å². The Morgan fingerprint density at radius 3 is 2.63 bits per heavy atom. The maximum atomic E-state index is 13.4. The number of carbonyl (C=O) groups is 1. The molecule has 0 unspecified atom stereocenters. The van der Waals surface area contributed by atoms with Crippen LogP contribution in [0.15, 0.2) is 18.2 Å². The summed E-state index contributed by atoms with van der Waals surface area (Å²) in [6.45, 7) is 0.374. The zero-order chi connectivity index (χ0) is 13.9. The molecular formula is C15H19ClFNO. The molecule has 1 aromatic rings. The van der Waals surface area contributed by atoms with Crippen molar-refractivity contribution in [1.82, 2.24) is 0 Å². The standard InChI is InChI=1S/C15H19ClFNO/c16-14-11(5-4-6-12(14)17)9-13(19)15(10-18)7-2-1-3-8-15/h4-6H,1-3,7-10,18H2. The SMILES string of the molecule is NCC1(C(=O)Cc2cccc(F)c2Cl)CCCCC1. The van der Waals surface area contributed by atoms with Gasteiger partial charge in [0, 0.05) is 18.4 Å². The lowest BCUT2D eigenvalue weighted by Gasteiger charge is -2.34. The molecule has 0 amide bonds. The van der Waals surface area contributed by atoms with Crippen molar-refractivity contribution in [1.29, 1.82) is 0 Å². The van der Waals surface area contributed by atoms with E-state index in [9.17, 15) is 9.18 Å². The Labute approximate surface area is 118 Å². The van der Waals surface area contributed by atoms with E-state index in [1.165, 1.54) is 6.07 Å². The summed E-state index contributed by atoms with van der Waals surface area (Å²) in [5.41, 5.74) is 5.97. The minimum Gasteiger partial charge on any atom is -0.329 e. The van der Waals surface area contributed by atoms with Crippen LogP contribution in [0.2, 0.25) is 5.02 Å². The van der Waals surface area contributed by atoms with Crippen LogP contribution in [-0.2, 0) is 11.2 Å². The van der Waals surface area contributed by atoms with Gasteiger partial charge >= 0.3 is 0 Å². The molecule has 0 radical (unpaired) electrons. The fraction of sp³-hybridized carbons (Fsp3) is 0.533. The summed E-state index contributed by atoms with van der Waals surface area (Å²) in [6, 6.07) is 4.59. The summed E-state index contributed by atoms with van der Waals surface area (Å²) in [5.74, 6) is -0.375. The Hall–Kier alpha value is -0.930. The summed E-state index contributed by atoms with van der Waals surface area (Å²) < 4.78 is 13.4. The van der Waals surface area contributed by atoms with E-state index in [0.29, 0.717) is 12.1 Å². The Balaban J connectivity index is 2.17. The molecule has 0 heterocycles. The van der Waals surface area contributed by atoms with E-state index in [0.717, 1.165) is 32.1 Å². The molecule has 0 bridgehead atoms. The highest BCUT2D eigenvalue weighted by Crippen LogP contribution is 2.37. The van der Waals surface area contributed by atoms with Gasteiger partial charge in [-0.05, 0) is 24.5 Å². The van der Waals surface area contributed by atoms with Gasteiger partial charge in [0.05, 0.1) is 5.02 Å². The number of rotatable bonds is 4. The molecular weight excluding hydrogens is 265 g/mol. The van der Waals surface area contributed by atoms with Gasteiger partial charge in [-0.25, -0.2) is 4.39 Å². The van der Waals surface area contributed by atoms with Crippen LogP contribution in [0, 0.1) is 11.2 Å². The summed E-state index contributed by atoms with van der Waals surface area (Å²) >= 11 is 5.91. The van der Waals surface area contributed by atoms with Crippen LogP contribution < -0.4 is 5.73 Å². The first-order chi connectivity index (χ1) is 9.09. The predicted octanol–water partition coefficient (Wildman–Crippen LogP) is 3.50. The van der Waals surface area contributed by atoms with E-state index >= 15 is 0 Å². The molecule has 1 aromatic carbocycles. The van der Waals surface area contributed by atoms with Gasteiger partial charge in [0.25, 0.3) is 0 Å². The fourth-order valence-electron chi connectivity index (χ4n) is 2.87. The van der Waals surface area contributed by atoms with Crippen LogP contribution >= 0.6 is 11.6 Å². The fourth-order valence-corrected chi connectivity index (χ4v) is 3.06. The number of benzene rings is 1. The summed E-state index contributed by atoms with van der Waals surface area (Å²) in [6.07, 6.45) is 5.10. The van der Waals surface area contributed by atoms with Crippen LogP contribution in [0.5, 0.6) is 0 Å². The monoisotopic (exact) mass is 283 g/mol. The molecule has 104 valence electrons. The van der Waals surface area contributed by atoms with Gasteiger partial charge in [-0.3, -0.25) is 4.79 Å². The van der Waals surface area contributed by atoms with E-state index < -0.39 is 11.2 Å². The van der Waals surface area contributed by atoms with E-state index in [-0.39, 0.29) is 17.2 Å². The highest BCUT2D eigenvalue weighted by Gasteiger charge is 2.37. The van der Waals surface area contributed by atoms with Gasteiger partial charge in [0.2, 0.25) is 0 Å². The van der Waals surface area contributed by atoms with Crippen molar-refractivity contribution in [2.24, 2.45) is 11.1 Å². The molecule has 0 aliphatic heterocycles. The topological polar surface area (TPSA) is 43.1 Å². The normalized spacial score (nSPS) is 18.3. The van der Waals surface area contributed by atoms with Gasteiger partial charge < -0.3 is 5.73 Å². The van der Waals surface area contributed by atoms with Crippen molar-refractivity contribution in [2.45, 2.75) is 38.5 Å². The van der Waals surface area contributed by atoms with Gasteiger partial charge in [-0.15, -0.1) is 0 Å². The molecule has 2 N–H and O–H groups in total. The average Bonchev–Trinajstić information content (AvgIpc) is 2.44. The van der Waals surface area contributed by atoms with Gasteiger partial charge in [-0.2, -0.15) is 0 Å². The second-order valence-electron chi connectivity index (χ2n) is 5.36. The Kier molecular flexibility index (Phi) is 4.58. The van der Waals surface area contributed by atoms with Crippen LogP contribution in [0.3, 0.4) is 0 Å². The second-order valence-corrected chi connectivity index (χ2v) is 5.74. The van der Waals surface area contributed by atoms with Crippen LogP contribution in [-0.4, -0.2) is 12.3 Å². The smallest absolute Gasteiger partial charge is 0.144 e. The number of halogens is 2. The number of nitrogens with two attached hydrogens (primary N) is 1. The molecule has 1 aliphatic rings. The number of hydrogen-bond acceptors (Lipinski definition) is 2. The molecule has 4 heteroatoms. The summed E-state index contributed by atoms with van der Waals surface area (Å²) in [7, 11) is 0. The van der Waals surface area contributed by atoms with Gasteiger partial charge in [0.15, 0.2) is 0 Å². The third kappa shape index (κ3) is 2.98. The zero-order valence-corrected chi connectivity index (χ0v) is 11.7. The summed E-state index contributed by atoms with van der Waals surface area (Å²) in [5, 5.41) is 0.0545. The van der Waals surface area contributed by atoms with Gasteiger partial charge in [-0.1, -0.05) is 43.0 Å². The molecule has 0 saturated heterocycles. The van der Waals surface area contributed by atoms with Crippen molar-refractivity contribution in [3.8, 4) is 0 Å². The first kappa shape index (κ1) is 14.5.